The van der Waals surface area contributed by atoms with Gasteiger partial charge in [0.15, 0.2) is 0 Å². The van der Waals surface area contributed by atoms with E-state index >= 15 is 0 Å². The number of methoxy groups -OCH3 is 1. The number of halogens is 1. The number of carbonyl (C=O) groups excluding carboxylic acids is 2. The van der Waals surface area contributed by atoms with Crippen LogP contribution in [-0.4, -0.2) is 61.5 Å². The first kappa shape index (κ1) is 25.4. The van der Waals surface area contributed by atoms with Crippen molar-refractivity contribution in [2.75, 3.05) is 39.8 Å². The highest BCUT2D eigenvalue weighted by Gasteiger charge is 2.26. The lowest BCUT2D eigenvalue weighted by Gasteiger charge is -2.36. The van der Waals surface area contributed by atoms with Crippen molar-refractivity contribution in [1.82, 2.24) is 9.80 Å². The summed E-state index contributed by atoms with van der Waals surface area (Å²) in [5.74, 6) is -0.235. The number of ether oxygens (including phenoxy) is 2. The Morgan fingerprint density at radius 1 is 1.00 bits per heavy atom. The Hall–Kier alpha value is -2.71. The molecule has 35 heavy (non-hydrogen) atoms. The first-order valence-corrected chi connectivity index (χ1v) is 12.8. The molecule has 1 saturated heterocycles. The van der Waals surface area contributed by atoms with Crippen molar-refractivity contribution in [2.45, 2.75) is 19.6 Å². The van der Waals surface area contributed by atoms with E-state index in [1.54, 1.807) is 12.1 Å². The summed E-state index contributed by atoms with van der Waals surface area (Å²) in [4.78, 5) is 29.7. The van der Waals surface area contributed by atoms with Crippen LogP contribution in [0.25, 0.3) is 0 Å². The van der Waals surface area contributed by atoms with Gasteiger partial charge in [-0.15, -0.1) is 11.3 Å². The largest absolute Gasteiger partial charge is 0.465 e. The number of rotatable bonds is 8. The highest BCUT2D eigenvalue weighted by Crippen LogP contribution is 2.24. The number of piperazine rings is 1. The third kappa shape index (κ3) is 6.49. The van der Waals surface area contributed by atoms with Crippen LogP contribution < -0.4 is 0 Å². The second-order valence-electron chi connectivity index (χ2n) is 8.57. The van der Waals surface area contributed by atoms with Crippen LogP contribution in [-0.2, 0) is 16.1 Å². The van der Waals surface area contributed by atoms with Crippen LogP contribution in [0.5, 0.6) is 0 Å². The minimum Gasteiger partial charge on any atom is -0.465 e. The van der Waals surface area contributed by atoms with Crippen LogP contribution in [0.4, 0.5) is 0 Å². The molecule has 1 amide bonds. The number of carbonyl (C=O) groups is 2. The van der Waals surface area contributed by atoms with Crippen molar-refractivity contribution in [3.8, 4) is 0 Å². The summed E-state index contributed by atoms with van der Waals surface area (Å²) in [5.41, 5.74) is 3.57. The number of aryl methyl sites for hydroxylation is 1. The minimum absolute atomic E-state index is 0.123. The van der Waals surface area contributed by atoms with Crippen molar-refractivity contribution in [2.24, 2.45) is 0 Å². The first-order chi connectivity index (χ1) is 16.9. The molecule has 1 fully saturated rings. The number of benzene rings is 2. The molecular formula is C27H29ClN2O4S. The molecule has 1 aliphatic heterocycles. The van der Waals surface area contributed by atoms with Crippen molar-refractivity contribution in [1.29, 1.82) is 0 Å². The molecular weight excluding hydrogens is 484 g/mol. The normalized spacial score (nSPS) is 15.1. The molecule has 0 aliphatic carbocycles. The van der Waals surface area contributed by atoms with E-state index in [1.807, 2.05) is 59.7 Å². The third-order valence-electron chi connectivity index (χ3n) is 6.21. The Labute approximate surface area is 215 Å². The topological polar surface area (TPSA) is 59.1 Å². The summed E-state index contributed by atoms with van der Waals surface area (Å²) >= 11 is 7.61. The highest BCUT2D eigenvalue weighted by molar-refractivity contribution is 7.12. The zero-order chi connectivity index (χ0) is 24.8. The zero-order valence-corrected chi connectivity index (χ0v) is 21.5. The Balaban J connectivity index is 1.38. The lowest BCUT2D eigenvalue weighted by Crippen LogP contribution is -2.49. The van der Waals surface area contributed by atoms with Crippen LogP contribution in [0.15, 0.2) is 60.0 Å². The molecule has 0 saturated carbocycles. The van der Waals surface area contributed by atoms with Gasteiger partial charge in [0.25, 0.3) is 5.91 Å². The van der Waals surface area contributed by atoms with Crippen LogP contribution in [0, 0.1) is 6.92 Å². The Bertz CT molecular complexity index is 1140. The summed E-state index contributed by atoms with van der Waals surface area (Å²) in [5, 5.41) is 2.65. The van der Waals surface area contributed by atoms with E-state index in [9.17, 15) is 9.59 Å². The van der Waals surface area contributed by atoms with E-state index in [0.29, 0.717) is 36.8 Å². The predicted molar refractivity (Wildman–Crippen MR) is 138 cm³/mol. The van der Waals surface area contributed by atoms with Gasteiger partial charge in [-0.05, 0) is 59.3 Å². The third-order valence-corrected chi connectivity index (χ3v) is 7.46. The average Bonchev–Trinajstić information content (AvgIpc) is 3.32. The lowest BCUT2D eigenvalue weighted by atomic mass is 10.1. The second kappa shape index (κ2) is 11.8. The van der Waals surface area contributed by atoms with Gasteiger partial charge in [-0.25, -0.2) is 4.79 Å². The number of thiophene rings is 1. The first-order valence-electron chi connectivity index (χ1n) is 11.5. The van der Waals surface area contributed by atoms with E-state index in [4.69, 9.17) is 21.1 Å². The Morgan fingerprint density at radius 3 is 2.29 bits per heavy atom. The number of esters is 1. The molecule has 0 radical (unpaired) electrons. The fraction of sp³-hybridized carbons (Fsp3) is 0.333. The highest BCUT2D eigenvalue weighted by atomic mass is 35.5. The number of hydrogen-bond donors (Lipinski definition) is 0. The maximum absolute atomic E-state index is 12.9. The maximum Gasteiger partial charge on any atom is 0.337 e. The van der Waals surface area contributed by atoms with E-state index in [-0.39, 0.29) is 18.0 Å². The standard InChI is InChI=1S/C27H29ClN2O4S/c1-19-11-16-35-25(19)26(31)30-14-12-29(13-15-30)17-24(21-7-9-23(28)10-8-21)34-18-20-3-5-22(6-4-20)27(32)33-2/h3-11,16,24H,12-15,17-18H2,1-2H3/t24-/m1/s1. The summed E-state index contributed by atoms with van der Waals surface area (Å²) in [6, 6.07) is 17.0. The maximum atomic E-state index is 12.9. The molecule has 2 aromatic carbocycles. The van der Waals surface area contributed by atoms with Crippen molar-refractivity contribution in [3.05, 3.63) is 92.1 Å². The second-order valence-corrected chi connectivity index (χ2v) is 9.92. The SMILES string of the molecule is COC(=O)c1ccc(CO[C@H](CN2CCN(C(=O)c3sccc3C)CC2)c2ccc(Cl)cc2)cc1. The lowest BCUT2D eigenvalue weighted by molar-refractivity contribution is 0.00345. The van der Waals surface area contributed by atoms with Crippen LogP contribution in [0.2, 0.25) is 5.02 Å². The van der Waals surface area contributed by atoms with E-state index < -0.39 is 0 Å². The predicted octanol–water partition coefficient (Wildman–Crippen LogP) is 5.21. The smallest absolute Gasteiger partial charge is 0.337 e. The number of amides is 1. The van der Waals surface area contributed by atoms with E-state index in [1.165, 1.54) is 18.4 Å². The summed E-state index contributed by atoms with van der Waals surface area (Å²) < 4.78 is 11.1. The molecule has 0 spiro atoms. The quantitative estimate of drug-likeness (QED) is 0.388. The zero-order valence-electron chi connectivity index (χ0n) is 19.9. The van der Waals surface area contributed by atoms with E-state index in [0.717, 1.165) is 34.7 Å². The number of hydrogen-bond acceptors (Lipinski definition) is 6. The van der Waals surface area contributed by atoms with Crippen LogP contribution in [0.3, 0.4) is 0 Å². The summed E-state index contributed by atoms with van der Waals surface area (Å²) in [7, 11) is 1.37. The van der Waals surface area contributed by atoms with Gasteiger partial charge in [0, 0.05) is 37.7 Å². The van der Waals surface area contributed by atoms with E-state index in [2.05, 4.69) is 4.90 Å². The van der Waals surface area contributed by atoms with Crippen LogP contribution in [0.1, 0.15) is 42.8 Å². The molecule has 0 unspecified atom stereocenters. The van der Waals surface area contributed by atoms with Gasteiger partial charge in [0.05, 0.1) is 30.3 Å². The molecule has 3 aromatic rings. The monoisotopic (exact) mass is 512 g/mol. The van der Waals surface area contributed by atoms with Crippen molar-refractivity contribution in [3.63, 3.8) is 0 Å². The molecule has 1 aromatic heterocycles. The summed E-state index contributed by atoms with van der Waals surface area (Å²) in [6.07, 6.45) is -0.158. The van der Waals surface area contributed by atoms with Gasteiger partial charge in [0.2, 0.25) is 0 Å². The molecule has 0 N–H and O–H groups in total. The van der Waals surface area contributed by atoms with Gasteiger partial charge in [0.1, 0.15) is 0 Å². The fourth-order valence-corrected chi connectivity index (χ4v) is 5.11. The molecule has 4 rings (SSSR count). The van der Waals surface area contributed by atoms with Gasteiger partial charge in [-0.2, -0.15) is 0 Å². The van der Waals surface area contributed by atoms with Gasteiger partial charge in [-0.3, -0.25) is 9.69 Å². The van der Waals surface area contributed by atoms with Gasteiger partial charge >= 0.3 is 5.97 Å². The Kier molecular flexibility index (Phi) is 8.57. The number of nitrogens with zero attached hydrogens (tertiary/aromatic N) is 2. The minimum atomic E-state index is -0.358. The molecule has 6 nitrogen and oxygen atoms in total. The molecule has 1 atom stereocenters. The molecule has 8 heteroatoms. The fourth-order valence-electron chi connectivity index (χ4n) is 4.09. The molecule has 0 bridgehead atoms. The van der Waals surface area contributed by atoms with Crippen molar-refractivity contribution < 1.29 is 19.1 Å². The molecule has 184 valence electrons. The molecule has 1 aliphatic rings. The molecule has 2 heterocycles. The van der Waals surface area contributed by atoms with Crippen molar-refractivity contribution >= 4 is 34.8 Å². The van der Waals surface area contributed by atoms with Gasteiger partial charge in [-0.1, -0.05) is 35.9 Å². The summed E-state index contributed by atoms with van der Waals surface area (Å²) in [6.45, 7) is 6.07. The van der Waals surface area contributed by atoms with Gasteiger partial charge < -0.3 is 14.4 Å². The van der Waals surface area contributed by atoms with Crippen LogP contribution >= 0.6 is 22.9 Å². The Morgan fingerprint density at radius 2 is 1.69 bits per heavy atom. The average molecular weight is 513 g/mol.